The van der Waals surface area contributed by atoms with E-state index >= 15 is 0 Å². The van der Waals surface area contributed by atoms with E-state index < -0.39 is 8.32 Å². The van der Waals surface area contributed by atoms with Gasteiger partial charge in [0.05, 0.1) is 0 Å². The Morgan fingerprint density at radius 1 is 0.848 bits per heavy atom. The van der Waals surface area contributed by atoms with Gasteiger partial charge in [-0.3, -0.25) is 0 Å². The molecule has 0 spiro atoms. The standard InChI is InChI=1S/C30H32O2Si/c1-30(2,3)33(4,5)32-29-24-18-17-22(16-15-21-11-7-6-8-12-21)19-23(24)20-26-25-13-9-10-14-27(25)31-28(26)29/h6-20,28-29H,1-5H3/b16-15+/t28-,29-/m1/s1. The lowest BCUT2D eigenvalue weighted by Gasteiger charge is -2.42. The second-order valence-electron chi connectivity index (χ2n) is 10.6. The Labute approximate surface area is 198 Å². The van der Waals surface area contributed by atoms with E-state index in [0.717, 1.165) is 5.75 Å². The van der Waals surface area contributed by atoms with E-state index in [9.17, 15) is 0 Å². The van der Waals surface area contributed by atoms with Crippen LogP contribution < -0.4 is 4.74 Å². The summed E-state index contributed by atoms with van der Waals surface area (Å²) in [4.78, 5) is 0. The minimum atomic E-state index is -2.02. The molecule has 1 aliphatic heterocycles. The molecule has 2 nitrogen and oxygen atoms in total. The third kappa shape index (κ3) is 4.12. The first kappa shape index (κ1) is 21.9. The van der Waals surface area contributed by atoms with Crippen LogP contribution in [0, 0.1) is 0 Å². The van der Waals surface area contributed by atoms with Crippen molar-refractivity contribution in [3.63, 3.8) is 0 Å². The Morgan fingerprint density at radius 3 is 2.30 bits per heavy atom. The quantitative estimate of drug-likeness (QED) is 0.293. The van der Waals surface area contributed by atoms with Crippen molar-refractivity contribution in [3.8, 4) is 5.75 Å². The van der Waals surface area contributed by atoms with Crippen molar-refractivity contribution in [1.29, 1.82) is 0 Å². The highest BCUT2D eigenvalue weighted by Gasteiger charge is 2.46. The highest BCUT2D eigenvalue weighted by Crippen LogP contribution is 2.51. The minimum Gasteiger partial charge on any atom is -0.482 e. The Kier molecular flexibility index (Phi) is 5.42. The summed E-state index contributed by atoms with van der Waals surface area (Å²) < 4.78 is 13.5. The van der Waals surface area contributed by atoms with Gasteiger partial charge in [0, 0.05) is 11.1 Å². The molecule has 168 valence electrons. The van der Waals surface area contributed by atoms with Gasteiger partial charge in [-0.2, -0.15) is 0 Å². The van der Waals surface area contributed by atoms with Crippen molar-refractivity contribution >= 4 is 32.1 Å². The third-order valence-electron chi connectivity index (χ3n) is 7.26. The predicted molar refractivity (Wildman–Crippen MR) is 142 cm³/mol. The van der Waals surface area contributed by atoms with Gasteiger partial charge < -0.3 is 9.16 Å². The minimum absolute atomic E-state index is 0.102. The van der Waals surface area contributed by atoms with Gasteiger partial charge in [0.15, 0.2) is 14.4 Å². The fourth-order valence-corrected chi connectivity index (χ4v) is 5.57. The van der Waals surface area contributed by atoms with Crippen molar-refractivity contribution < 1.29 is 9.16 Å². The molecule has 0 amide bonds. The van der Waals surface area contributed by atoms with E-state index in [1.54, 1.807) is 0 Å². The van der Waals surface area contributed by atoms with Crippen LogP contribution >= 0.6 is 0 Å². The van der Waals surface area contributed by atoms with E-state index in [1.165, 1.54) is 33.4 Å². The summed E-state index contributed by atoms with van der Waals surface area (Å²) in [6, 6.07) is 25.5. The van der Waals surface area contributed by atoms with Crippen molar-refractivity contribution in [1.82, 2.24) is 0 Å². The zero-order valence-electron chi connectivity index (χ0n) is 20.1. The first-order valence-corrected chi connectivity index (χ1v) is 14.7. The molecular formula is C30H32O2Si. The summed E-state index contributed by atoms with van der Waals surface area (Å²) in [7, 11) is -2.02. The molecule has 0 radical (unpaired) electrons. The lowest BCUT2D eigenvalue weighted by molar-refractivity contribution is 0.0834. The molecule has 3 heteroatoms. The third-order valence-corrected chi connectivity index (χ3v) is 11.7. The van der Waals surface area contributed by atoms with Crippen LogP contribution in [0.15, 0.2) is 72.8 Å². The number of benzene rings is 3. The van der Waals surface area contributed by atoms with E-state index in [1.807, 2.05) is 12.1 Å². The molecule has 0 N–H and O–H groups in total. The van der Waals surface area contributed by atoms with Crippen LogP contribution in [0.1, 0.15) is 54.7 Å². The average molecular weight is 453 g/mol. The van der Waals surface area contributed by atoms with Crippen molar-refractivity contribution in [2.75, 3.05) is 0 Å². The maximum Gasteiger partial charge on any atom is 0.193 e. The van der Waals surface area contributed by atoms with Gasteiger partial charge in [0.1, 0.15) is 11.9 Å². The van der Waals surface area contributed by atoms with Gasteiger partial charge in [0.2, 0.25) is 0 Å². The van der Waals surface area contributed by atoms with Gasteiger partial charge >= 0.3 is 0 Å². The van der Waals surface area contributed by atoms with E-state index in [-0.39, 0.29) is 17.2 Å². The molecule has 0 unspecified atom stereocenters. The van der Waals surface area contributed by atoms with Crippen LogP contribution in [0.5, 0.6) is 5.75 Å². The monoisotopic (exact) mass is 452 g/mol. The molecule has 0 bridgehead atoms. The molecule has 1 heterocycles. The number of fused-ring (bicyclic) bond motifs is 4. The molecule has 0 saturated carbocycles. The lowest BCUT2D eigenvalue weighted by atomic mass is 9.85. The zero-order valence-corrected chi connectivity index (χ0v) is 21.1. The molecule has 2 aliphatic rings. The fourth-order valence-electron chi connectivity index (χ4n) is 4.33. The second-order valence-corrected chi connectivity index (χ2v) is 15.3. The van der Waals surface area contributed by atoms with Crippen molar-refractivity contribution in [2.24, 2.45) is 0 Å². The summed E-state index contributed by atoms with van der Waals surface area (Å²) in [5, 5.41) is 0.123. The molecule has 3 aromatic rings. The van der Waals surface area contributed by atoms with E-state index in [0.29, 0.717) is 0 Å². The van der Waals surface area contributed by atoms with Gasteiger partial charge in [0.25, 0.3) is 0 Å². The zero-order chi connectivity index (χ0) is 23.2. The molecule has 0 fully saturated rings. The Morgan fingerprint density at radius 2 is 1.55 bits per heavy atom. The number of hydrogen-bond donors (Lipinski definition) is 0. The number of hydrogen-bond acceptors (Lipinski definition) is 2. The maximum absolute atomic E-state index is 7.04. The summed E-state index contributed by atoms with van der Waals surface area (Å²) in [5.74, 6) is 0.953. The van der Waals surface area contributed by atoms with Crippen LogP contribution in [0.2, 0.25) is 18.1 Å². The Balaban J connectivity index is 1.57. The summed E-state index contributed by atoms with van der Waals surface area (Å²) in [5.41, 5.74) is 7.24. The van der Waals surface area contributed by atoms with Crippen LogP contribution in [-0.4, -0.2) is 14.4 Å². The molecule has 0 aromatic heterocycles. The Hall–Kier alpha value is -2.88. The summed E-state index contributed by atoms with van der Waals surface area (Å²) in [6.45, 7) is 11.5. The fraction of sp³-hybridized carbons (Fsp3) is 0.267. The summed E-state index contributed by atoms with van der Waals surface area (Å²) in [6.07, 6.45) is 6.44. The summed E-state index contributed by atoms with van der Waals surface area (Å²) >= 11 is 0. The van der Waals surface area contributed by atoms with Gasteiger partial charge in [-0.05, 0) is 58.6 Å². The van der Waals surface area contributed by atoms with Gasteiger partial charge in [-0.1, -0.05) is 93.6 Å². The molecule has 1 aliphatic carbocycles. The van der Waals surface area contributed by atoms with Gasteiger partial charge in [-0.15, -0.1) is 0 Å². The molecule has 33 heavy (non-hydrogen) atoms. The predicted octanol–water partition coefficient (Wildman–Crippen LogP) is 8.24. The molecule has 5 rings (SSSR count). The highest BCUT2D eigenvalue weighted by atomic mass is 28.4. The molecule has 0 saturated heterocycles. The van der Waals surface area contributed by atoms with Gasteiger partial charge in [-0.25, -0.2) is 0 Å². The molecular weight excluding hydrogens is 420 g/mol. The van der Waals surface area contributed by atoms with E-state index in [2.05, 4.69) is 113 Å². The molecule has 2 atom stereocenters. The second kappa shape index (κ2) is 8.16. The van der Waals surface area contributed by atoms with Crippen LogP contribution in [0.4, 0.5) is 0 Å². The maximum atomic E-state index is 7.04. The normalized spacial score (nSPS) is 19.5. The van der Waals surface area contributed by atoms with Crippen LogP contribution in [0.3, 0.4) is 0 Å². The molecule has 3 aromatic carbocycles. The van der Waals surface area contributed by atoms with Crippen molar-refractivity contribution in [3.05, 3.63) is 101 Å². The topological polar surface area (TPSA) is 18.5 Å². The van der Waals surface area contributed by atoms with E-state index in [4.69, 9.17) is 9.16 Å². The Bertz CT molecular complexity index is 1230. The van der Waals surface area contributed by atoms with Crippen molar-refractivity contribution in [2.45, 2.75) is 51.1 Å². The first-order chi connectivity index (χ1) is 15.7. The van der Waals surface area contributed by atoms with Crippen LogP contribution in [-0.2, 0) is 4.43 Å². The smallest absolute Gasteiger partial charge is 0.193 e. The van der Waals surface area contributed by atoms with Crippen LogP contribution in [0.25, 0.3) is 23.8 Å². The highest BCUT2D eigenvalue weighted by molar-refractivity contribution is 6.74. The largest absolute Gasteiger partial charge is 0.482 e. The number of ether oxygens (including phenoxy) is 1. The average Bonchev–Trinajstić information content (AvgIpc) is 3.16. The lowest BCUT2D eigenvalue weighted by Crippen LogP contribution is -2.45. The first-order valence-electron chi connectivity index (χ1n) is 11.8. The number of rotatable bonds is 4. The number of para-hydroxylation sites is 1. The SMILES string of the molecule is CC(C)(C)[Si](C)(C)O[C@@H]1c2ccc(/C=C/c3ccccc3)cc2C=C2c3ccccc3O[C@H]21.